The molecule has 0 atom stereocenters. The normalized spacial score (nSPS) is 17.7. The summed E-state index contributed by atoms with van der Waals surface area (Å²) in [5.74, 6) is 0.930. The molecule has 142 valence electrons. The number of hydrogen-bond acceptors (Lipinski definition) is 4. The molecule has 0 spiro atoms. The van der Waals surface area contributed by atoms with Crippen LogP contribution in [-0.2, 0) is 5.41 Å². The molecule has 0 aromatic carbocycles. The third kappa shape index (κ3) is 6.60. The number of guanidine groups is 1. The molecule has 1 fully saturated rings. The zero-order chi connectivity index (χ0) is 18.1. The highest BCUT2D eigenvalue weighted by molar-refractivity contribution is 7.10. The van der Waals surface area contributed by atoms with E-state index in [4.69, 9.17) is 4.99 Å². The summed E-state index contributed by atoms with van der Waals surface area (Å²) in [5.41, 5.74) is 0.0764. The second-order valence-electron chi connectivity index (χ2n) is 7.26. The lowest BCUT2D eigenvalue weighted by molar-refractivity contribution is 0.139. The lowest BCUT2D eigenvalue weighted by atomic mass is 9.92. The molecular formula is C19H35N5S. The third-order valence-electron chi connectivity index (χ3n) is 4.80. The van der Waals surface area contributed by atoms with Crippen LogP contribution in [0.15, 0.2) is 22.5 Å². The summed E-state index contributed by atoms with van der Waals surface area (Å²) in [6, 6.07) is 4.32. The van der Waals surface area contributed by atoms with Crippen LogP contribution in [-0.4, -0.2) is 74.7 Å². The van der Waals surface area contributed by atoms with Crippen molar-refractivity contribution in [1.29, 1.82) is 0 Å². The molecule has 5 nitrogen and oxygen atoms in total. The van der Waals surface area contributed by atoms with E-state index in [1.54, 1.807) is 0 Å². The van der Waals surface area contributed by atoms with Crippen molar-refractivity contribution in [2.75, 3.05) is 58.9 Å². The van der Waals surface area contributed by atoms with E-state index in [0.717, 1.165) is 32.1 Å². The molecule has 0 unspecified atom stereocenters. The van der Waals surface area contributed by atoms with Crippen LogP contribution in [0.5, 0.6) is 0 Å². The van der Waals surface area contributed by atoms with Gasteiger partial charge in [0.2, 0.25) is 0 Å². The fourth-order valence-corrected chi connectivity index (χ4v) is 3.87. The Hall–Kier alpha value is -1.11. The van der Waals surface area contributed by atoms with Gasteiger partial charge in [0.05, 0.1) is 6.54 Å². The summed E-state index contributed by atoms with van der Waals surface area (Å²) < 4.78 is 0. The lowest BCUT2D eigenvalue weighted by Crippen LogP contribution is -2.49. The van der Waals surface area contributed by atoms with Gasteiger partial charge in [-0.25, -0.2) is 0 Å². The van der Waals surface area contributed by atoms with Crippen molar-refractivity contribution in [2.24, 2.45) is 4.99 Å². The maximum Gasteiger partial charge on any atom is 0.191 e. The maximum atomic E-state index is 4.82. The number of likely N-dealkylation sites (N-methyl/N-ethyl adjacent to an activating group) is 1. The average Bonchev–Trinajstić information content (AvgIpc) is 3.16. The molecule has 1 aromatic rings. The van der Waals surface area contributed by atoms with E-state index in [1.165, 1.54) is 37.6 Å². The molecule has 0 aliphatic carbocycles. The highest BCUT2D eigenvalue weighted by atomic mass is 32.1. The highest BCUT2D eigenvalue weighted by Crippen LogP contribution is 2.27. The summed E-state index contributed by atoms with van der Waals surface area (Å²) in [6.07, 6.45) is 0. The first-order valence-corrected chi connectivity index (χ1v) is 10.4. The number of rotatable bonds is 8. The minimum absolute atomic E-state index is 0.0764. The van der Waals surface area contributed by atoms with Gasteiger partial charge in [-0.2, -0.15) is 0 Å². The molecule has 6 heteroatoms. The van der Waals surface area contributed by atoms with Gasteiger partial charge in [-0.15, -0.1) is 11.3 Å². The summed E-state index contributed by atoms with van der Waals surface area (Å²) >= 11 is 1.81. The van der Waals surface area contributed by atoms with Gasteiger partial charge < -0.3 is 15.5 Å². The monoisotopic (exact) mass is 365 g/mol. The smallest absolute Gasteiger partial charge is 0.191 e. The average molecular weight is 366 g/mol. The molecule has 0 bridgehead atoms. The molecule has 1 aliphatic rings. The summed E-state index contributed by atoms with van der Waals surface area (Å²) in [6.45, 7) is 18.5. The van der Waals surface area contributed by atoms with E-state index >= 15 is 0 Å². The quantitative estimate of drug-likeness (QED) is 0.548. The largest absolute Gasteiger partial charge is 0.357 e. The fourth-order valence-electron chi connectivity index (χ4n) is 3.02. The molecule has 25 heavy (non-hydrogen) atoms. The van der Waals surface area contributed by atoms with Crippen molar-refractivity contribution < 1.29 is 0 Å². The first kappa shape index (κ1) is 20.2. The van der Waals surface area contributed by atoms with E-state index in [0.29, 0.717) is 0 Å². The lowest BCUT2D eigenvalue weighted by Gasteiger charge is -2.34. The first-order valence-electron chi connectivity index (χ1n) is 9.56. The van der Waals surface area contributed by atoms with E-state index in [1.807, 2.05) is 11.3 Å². The topological polar surface area (TPSA) is 42.9 Å². The molecule has 2 N–H and O–H groups in total. The molecule has 2 rings (SSSR count). The number of piperazine rings is 1. The predicted molar refractivity (Wildman–Crippen MR) is 110 cm³/mol. The number of thiophene rings is 1. The maximum absolute atomic E-state index is 4.82. The fraction of sp³-hybridized carbons (Fsp3) is 0.737. The molecule has 0 saturated carbocycles. The SMILES string of the molecule is CCNC(=NCC(C)(C)c1cccs1)NCCN1CCN(CC)CC1. The van der Waals surface area contributed by atoms with Gasteiger partial charge in [0.25, 0.3) is 0 Å². The van der Waals surface area contributed by atoms with Crippen LogP contribution in [0.3, 0.4) is 0 Å². The minimum atomic E-state index is 0.0764. The first-order chi connectivity index (χ1) is 12.0. The molecule has 1 aromatic heterocycles. The van der Waals surface area contributed by atoms with Gasteiger partial charge in [-0.1, -0.05) is 26.8 Å². The van der Waals surface area contributed by atoms with Crippen LogP contribution < -0.4 is 10.6 Å². The Morgan fingerprint density at radius 2 is 1.88 bits per heavy atom. The minimum Gasteiger partial charge on any atom is -0.357 e. The highest BCUT2D eigenvalue weighted by Gasteiger charge is 2.21. The van der Waals surface area contributed by atoms with Gasteiger partial charge in [-0.3, -0.25) is 9.89 Å². The second-order valence-corrected chi connectivity index (χ2v) is 8.21. The molecular weight excluding hydrogens is 330 g/mol. The van der Waals surface area contributed by atoms with E-state index in [2.05, 4.69) is 65.6 Å². The zero-order valence-electron chi connectivity index (χ0n) is 16.3. The van der Waals surface area contributed by atoms with Crippen LogP contribution in [0, 0.1) is 0 Å². The summed E-state index contributed by atoms with van der Waals surface area (Å²) in [7, 11) is 0. The predicted octanol–water partition coefficient (Wildman–Crippen LogP) is 2.22. The Labute approximate surface area is 157 Å². The van der Waals surface area contributed by atoms with Crippen LogP contribution in [0.2, 0.25) is 0 Å². The van der Waals surface area contributed by atoms with Gasteiger partial charge >= 0.3 is 0 Å². The van der Waals surface area contributed by atoms with Gasteiger partial charge in [0, 0.05) is 56.1 Å². The number of nitrogens with one attached hydrogen (secondary N) is 2. The Morgan fingerprint density at radius 1 is 1.16 bits per heavy atom. The second kappa shape index (κ2) is 10.1. The molecule has 0 radical (unpaired) electrons. The Bertz CT molecular complexity index is 504. The van der Waals surface area contributed by atoms with Crippen molar-refractivity contribution in [2.45, 2.75) is 33.1 Å². The van der Waals surface area contributed by atoms with E-state index in [-0.39, 0.29) is 5.41 Å². The Morgan fingerprint density at radius 3 is 2.48 bits per heavy atom. The van der Waals surface area contributed by atoms with Gasteiger partial charge in [0.15, 0.2) is 5.96 Å². The van der Waals surface area contributed by atoms with Crippen molar-refractivity contribution in [3.05, 3.63) is 22.4 Å². The Balaban J connectivity index is 1.78. The number of nitrogens with zero attached hydrogens (tertiary/aromatic N) is 3. The van der Waals surface area contributed by atoms with Crippen LogP contribution in [0.1, 0.15) is 32.6 Å². The zero-order valence-corrected chi connectivity index (χ0v) is 17.2. The van der Waals surface area contributed by atoms with Gasteiger partial charge in [0.1, 0.15) is 0 Å². The van der Waals surface area contributed by atoms with Crippen molar-refractivity contribution in [1.82, 2.24) is 20.4 Å². The molecule has 2 heterocycles. The summed E-state index contributed by atoms with van der Waals surface area (Å²) in [4.78, 5) is 11.3. The van der Waals surface area contributed by atoms with E-state index in [9.17, 15) is 0 Å². The number of aliphatic imine (C=N–C) groups is 1. The Kier molecular flexibility index (Phi) is 8.19. The van der Waals surface area contributed by atoms with Crippen LogP contribution in [0.4, 0.5) is 0 Å². The van der Waals surface area contributed by atoms with Crippen molar-refractivity contribution in [3.63, 3.8) is 0 Å². The number of hydrogen-bond donors (Lipinski definition) is 2. The van der Waals surface area contributed by atoms with Gasteiger partial charge in [-0.05, 0) is 24.9 Å². The van der Waals surface area contributed by atoms with Crippen LogP contribution >= 0.6 is 11.3 Å². The molecule has 1 saturated heterocycles. The van der Waals surface area contributed by atoms with Crippen molar-refractivity contribution in [3.8, 4) is 0 Å². The van der Waals surface area contributed by atoms with Crippen LogP contribution in [0.25, 0.3) is 0 Å². The third-order valence-corrected chi connectivity index (χ3v) is 6.03. The molecule has 0 amide bonds. The molecule has 1 aliphatic heterocycles. The standard InChI is InChI=1S/C19H35N5S/c1-5-20-18(22-16-19(3,4)17-8-7-15-25-17)21-9-10-24-13-11-23(6-2)12-14-24/h7-8,15H,5-6,9-14,16H2,1-4H3,(H2,20,21,22). The van der Waals surface area contributed by atoms with E-state index < -0.39 is 0 Å². The summed E-state index contributed by atoms with van der Waals surface area (Å²) in [5, 5.41) is 9.01. The van der Waals surface area contributed by atoms with Crippen molar-refractivity contribution >= 4 is 17.3 Å².